The van der Waals surface area contributed by atoms with Gasteiger partial charge in [0, 0.05) is 0 Å². The van der Waals surface area contributed by atoms with E-state index in [1.807, 2.05) is 0 Å². The molecule has 0 bridgehead atoms. The lowest BCUT2D eigenvalue weighted by Crippen LogP contribution is -2.62. The molecule has 1 atom stereocenters. The topological polar surface area (TPSA) is 79.3 Å². The minimum atomic E-state index is -5.16. The van der Waals surface area contributed by atoms with Gasteiger partial charge in [-0.3, -0.25) is 4.79 Å². The molecule has 0 aliphatic carbocycles. The van der Waals surface area contributed by atoms with Gasteiger partial charge in [-0.2, -0.15) is 13.2 Å². The van der Waals surface area contributed by atoms with E-state index in [9.17, 15) is 22.8 Å². The summed E-state index contributed by atoms with van der Waals surface area (Å²) in [6.07, 6.45) is -5.16. The molecule has 0 spiro atoms. The van der Waals surface area contributed by atoms with Gasteiger partial charge >= 0.3 is 12.1 Å². The number of aliphatic carboxylic acids is 1. The zero-order valence-corrected chi connectivity index (χ0v) is 10.2. The summed E-state index contributed by atoms with van der Waals surface area (Å²) in [7, 11) is 0. The number of rotatable bonds is 3. The molecule has 1 heterocycles. The lowest BCUT2D eigenvalue weighted by atomic mass is 10.0. The number of carbonyl (C=O) groups is 2. The standard InChI is InChI=1S/C10H8ClF3N2O3/c1-9(8(18)19,10(12,13)14)16-7(17)5-3-2-4-6(11)15-5/h2-4H,1H3,(H,16,17)(H,18,19). The van der Waals surface area contributed by atoms with Crippen LogP contribution in [0.25, 0.3) is 0 Å². The molecular weight excluding hydrogens is 289 g/mol. The van der Waals surface area contributed by atoms with E-state index in [4.69, 9.17) is 16.7 Å². The molecule has 19 heavy (non-hydrogen) atoms. The Morgan fingerprint density at radius 1 is 1.37 bits per heavy atom. The summed E-state index contributed by atoms with van der Waals surface area (Å²) in [5.74, 6) is -3.51. The number of halogens is 4. The highest BCUT2D eigenvalue weighted by atomic mass is 35.5. The lowest BCUT2D eigenvalue weighted by Gasteiger charge is -2.28. The number of carboxylic acids is 1. The van der Waals surface area contributed by atoms with Gasteiger partial charge in [-0.05, 0) is 19.1 Å². The highest BCUT2D eigenvalue weighted by Gasteiger charge is 2.58. The summed E-state index contributed by atoms with van der Waals surface area (Å²) >= 11 is 5.48. The van der Waals surface area contributed by atoms with Crippen LogP contribution in [0.3, 0.4) is 0 Å². The number of nitrogens with zero attached hydrogens (tertiary/aromatic N) is 1. The van der Waals surface area contributed by atoms with Crippen LogP contribution in [0.1, 0.15) is 17.4 Å². The fraction of sp³-hybridized carbons (Fsp3) is 0.300. The van der Waals surface area contributed by atoms with E-state index in [1.54, 1.807) is 0 Å². The average molecular weight is 297 g/mol. The maximum absolute atomic E-state index is 12.7. The molecule has 1 aromatic rings. The Bertz CT molecular complexity index is 521. The number of carbonyl (C=O) groups excluding carboxylic acids is 1. The minimum absolute atomic E-state index is 0.100. The molecular formula is C10H8ClF3N2O3. The fourth-order valence-electron chi connectivity index (χ4n) is 1.07. The van der Waals surface area contributed by atoms with Gasteiger partial charge in [0.25, 0.3) is 5.91 Å². The summed E-state index contributed by atoms with van der Waals surface area (Å²) in [6.45, 7) is 0.345. The van der Waals surface area contributed by atoms with Crippen LogP contribution in [0.4, 0.5) is 13.2 Å². The highest BCUT2D eigenvalue weighted by Crippen LogP contribution is 2.30. The summed E-state index contributed by atoms with van der Waals surface area (Å²) in [4.78, 5) is 25.8. The lowest BCUT2D eigenvalue weighted by molar-refractivity contribution is -0.203. The zero-order valence-electron chi connectivity index (χ0n) is 9.45. The first-order chi connectivity index (χ1) is 8.58. The number of hydrogen-bond acceptors (Lipinski definition) is 3. The number of amides is 1. The molecule has 2 N–H and O–H groups in total. The Hall–Kier alpha value is -1.83. The van der Waals surface area contributed by atoms with Crippen LogP contribution in [0, 0.1) is 0 Å². The van der Waals surface area contributed by atoms with E-state index in [1.165, 1.54) is 17.4 Å². The van der Waals surface area contributed by atoms with Crippen molar-refractivity contribution in [1.82, 2.24) is 10.3 Å². The monoisotopic (exact) mass is 296 g/mol. The van der Waals surface area contributed by atoms with Gasteiger partial charge in [-0.15, -0.1) is 0 Å². The third-order valence-corrected chi connectivity index (χ3v) is 2.52. The second-order valence-corrected chi connectivity index (χ2v) is 4.11. The van der Waals surface area contributed by atoms with Gasteiger partial charge in [0.05, 0.1) is 0 Å². The van der Waals surface area contributed by atoms with Gasteiger partial charge in [0.15, 0.2) is 0 Å². The summed E-state index contributed by atoms with van der Waals surface area (Å²) in [5.41, 5.74) is -3.82. The molecule has 0 fully saturated rings. The number of carboxylic acid groups (broad SMARTS) is 1. The molecule has 1 rings (SSSR count). The number of pyridine rings is 1. The Morgan fingerprint density at radius 3 is 2.37 bits per heavy atom. The van der Waals surface area contributed by atoms with Crippen LogP contribution in [0.2, 0.25) is 5.15 Å². The third-order valence-electron chi connectivity index (χ3n) is 2.31. The predicted octanol–water partition coefficient (Wildman–Crippen LogP) is 1.87. The van der Waals surface area contributed by atoms with Crippen molar-refractivity contribution in [2.24, 2.45) is 0 Å². The van der Waals surface area contributed by atoms with E-state index in [0.29, 0.717) is 6.92 Å². The maximum Gasteiger partial charge on any atom is 0.422 e. The van der Waals surface area contributed by atoms with Crippen LogP contribution in [-0.4, -0.2) is 33.7 Å². The molecule has 0 saturated heterocycles. The molecule has 1 aromatic heterocycles. The maximum atomic E-state index is 12.7. The van der Waals surface area contributed by atoms with Crippen molar-refractivity contribution in [2.75, 3.05) is 0 Å². The van der Waals surface area contributed by atoms with Crippen LogP contribution < -0.4 is 5.32 Å². The van der Waals surface area contributed by atoms with Crippen LogP contribution in [-0.2, 0) is 4.79 Å². The number of aromatic nitrogens is 1. The molecule has 0 aliphatic rings. The summed E-state index contributed by atoms with van der Waals surface area (Å²) < 4.78 is 38.0. The van der Waals surface area contributed by atoms with Crippen LogP contribution >= 0.6 is 11.6 Å². The van der Waals surface area contributed by atoms with Crippen molar-refractivity contribution >= 4 is 23.5 Å². The van der Waals surface area contributed by atoms with E-state index >= 15 is 0 Å². The molecule has 1 unspecified atom stereocenters. The van der Waals surface area contributed by atoms with Crippen LogP contribution in [0.5, 0.6) is 0 Å². The molecule has 0 radical (unpaired) electrons. The van der Waals surface area contributed by atoms with Crippen LogP contribution in [0.15, 0.2) is 18.2 Å². The van der Waals surface area contributed by atoms with Crippen molar-refractivity contribution < 1.29 is 27.9 Å². The second-order valence-electron chi connectivity index (χ2n) is 3.73. The van der Waals surface area contributed by atoms with Crippen molar-refractivity contribution in [1.29, 1.82) is 0 Å². The molecule has 9 heteroatoms. The Labute approximate surface area is 110 Å². The van der Waals surface area contributed by atoms with Crippen molar-refractivity contribution in [2.45, 2.75) is 18.6 Å². The Balaban J connectivity index is 3.06. The smallest absolute Gasteiger partial charge is 0.422 e. The van der Waals surface area contributed by atoms with Gasteiger partial charge < -0.3 is 10.4 Å². The minimum Gasteiger partial charge on any atom is -0.479 e. The van der Waals surface area contributed by atoms with E-state index in [0.717, 1.165) is 6.07 Å². The van der Waals surface area contributed by atoms with E-state index in [2.05, 4.69) is 4.98 Å². The first kappa shape index (κ1) is 15.2. The van der Waals surface area contributed by atoms with Crippen molar-refractivity contribution in [3.8, 4) is 0 Å². The first-order valence-corrected chi connectivity index (χ1v) is 5.21. The number of nitrogens with one attached hydrogen (secondary N) is 1. The highest BCUT2D eigenvalue weighted by molar-refractivity contribution is 6.29. The Kier molecular flexibility index (Phi) is 4.04. The number of alkyl halides is 3. The molecule has 0 aromatic carbocycles. The largest absolute Gasteiger partial charge is 0.479 e. The van der Waals surface area contributed by atoms with Gasteiger partial charge in [-0.25, -0.2) is 9.78 Å². The van der Waals surface area contributed by atoms with Crippen molar-refractivity contribution in [3.63, 3.8) is 0 Å². The van der Waals surface area contributed by atoms with Gasteiger partial charge in [0.1, 0.15) is 10.8 Å². The molecule has 104 valence electrons. The normalized spacial score (nSPS) is 14.6. The van der Waals surface area contributed by atoms with Crippen molar-refractivity contribution in [3.05, 3.63) is 29.0 Å². The van der Waals surface area contributed by atoms with E-state index < -0.39 is 29.3 Å². The molecule has 0 saturated carbocycles. The second kappa shape index (κ2) is 5.04. The first-order valence-electron chi connectivity index (χ1n) is 4.83. The zero-order chi connectivity index (χ0) is 14.8. The summed E-state index contributed by atoms with van der Waals surface area (Å²) in [6, 6.07) is 3.73. The Morgan fingerprint density at radius 2 is 1.95 bits per heavy atom. The SMILES string of the molecule is CC(NC(=O)c1cccc(Cl)n1)(C(=O)O)C(F)(F)F. The van der Waals surface area contributed by atoms with Gasteiger partial charge in [0.2, 0.25) is 5.54 Å². The predicted molar refractivity (Wildman–Crippen MR) is 58.8 cm³/mol. The fourth-order valence-corrected chi connectivity index (χ4v) is 1.24. The van der Waals surface area contributed by atoms with E-state index in [-0.39, 0.29) is 5.15 Å². The molecule has 0 aliphatic heterocycles. The van der Waals surface area contributed by atoms with Gasteiger partial charge in [-0.1, -0.05) is 17.7 Å². The summed E-state index contributed by atoms with van der Waals surface area (Å²) in [5, 5.41) is 9.93. The average Bonchev–Trinajstić information content (AvgIpc) is 2.27. The molecule has 5 nitrogen and oxygen atoms in total. The quantitative estimate of drug-likeness (QED) is 0.835. The number of hydrogen-bond donors (Lipinski definition) is 2. The third kappa shape index (κ3) is 3.14. The molecule has 1 amide bonds.